The Morgan fingerprint density at radius 1 is 0.214 bits per heavy atom. The molecule has 0 amide bonds. The molecule has 0 spiro atoms. The van der Waals surface area contributed by atoms with Gasteiger partial charge in [-0.15, -0.1) is 0 Å². The smallest absolute Gasteiger partial charge is 0.164 e. The van der Waals surface area contributed by atoms with Gasteiger partial charge < -0.3 is 0 Å². The first kappa shape index (κ1) is 33.1. The standard InChI is InChI=1S/C53H35N3/c1-3-14-37(15-4-1)51-54-52(38-16-5-2-6-17-38)56-53(55-51)48-24-11-22-42(35-48)39-19-9-20-40(31-39)43-27-29-46-33-44(28-30-45(46)32-43)41-21-10-23-47(34-41)50-26-12-18-36-13-7-8-25-49(36)50/h1-35H. The van der Waals surface area contributed by atoms with Crippen molar-refractivity contribution in [1.29, 1.82) is 0 Å². The average Bonchev–Trinajstić information content (AvgIpc) is 3.29. The number of benzene rings is 9. The Kier molecular flexibility index (Phi) is 8.51. The van der Waals surface area contributed by atoms with Crippen molar-refractivity contribution >= 4 is 21.5 Å². The minimum atomic E-state index is 0.643. The van der Waals surface area contributed by atoms with Gasteiger partial charge in [0, 0.05) is 16.7 Å². The quantitative estimate of drug-likeness (QED) is 0.165. The van der Waals surface area contributed by atoms with E-state index in [2.05, 4.69) is 152 Å². The Morgan fingerprint density at radius 2 is 0.589 bits per heavy atom. The van der Waals surface area contributed by atoms with Crippen LogP contribution in [0, 0.1) is 0 Å². The summed E-state index contributed by atoms with van der Waals surface area (Å²) in [5.41, 5.74) is 12.3. The maximum atomic E-state index is 4.96. The molecule has 0 aliphatic heterocycles. The first-order valence-electron chi connectivity index (χ1n) is 18.9. The van der Waals surface area contributed by atoms with E-state index in [1.54, 1.807) is 0 Å². The van der Waals surface area contributed by atoms with Crippen LogP contribution in [0.1, 0.15) is 0 Å². The van der Waals surface area contributed by atoms with Crippen LogP contribution in [0.25, 0.3) is 100 Å². The summed E-state index contributed by atoms with van der Waals surface area (Å²) in [6, 6.07) is 75.0. The van der Waals surface area contributed by atoms with Crippen molar-refractivity contribution in [1.82, 2.24) is 15.0 Å². The second kappa shape index (κ2) is 14.4. The summed E-state index contributed by atoms with van der Waals surface area (Å²) in [6.45, 7) is 0. The van der Waals surface area contributed by atoms with Crippen molar-refractivity contribution in [2.45, 2.75) is 0 Å². The monoisotopic (exact) mass is 713 g/mol. The zero-order chi connectivity index (χ0) is 37.3. The summed E-state index contributed by atoms with van der Waals surface area (Å²) >= 11 is 0. The van der Waals surface area contributed by atoms with Crippen molar-refractivity contribution in [3.63, 3.8) is 0 Å². The molecule has 0 unspecified atom stereocenters. The van der Waals surface area contributed by atoms with Crippen LogP contribution < -0.4 is 0 Å². The third-order valence-electron chi connectivity index (χ3n) is 10.5. The fourth-order valence-electron chi connectivity index (χ4n) is 7.60. The molecule has 1 aromatic heterocycles. The lowest BCUT2D eigenvalue weighted by Crippen LogP contribution is -2.00. The van der Waals surface area contributed by atoms with Gasteiger partial charge in [-0.3, -0.25) is 0 Å². The van der Waals surface area contributed by atoms with Gasteiger partial charge in [0.15, 0.2) is 17.5 Å². The fraction of sp³-hybridized carbons (Fsp3) is 0. The Morgan fingerprint density at radius 3 is 1.16 bits per heavy atom. The van der Waals surface area contributed by atoms with Crippen LogP contribution in [0.4, 0.5) is 0 Å². The van der Waals surface area contributed by atoms with Gasteiger partial charge in [-0.05, 0) is 96.4 Å². The topological polar surface area (TPSA) is 38.7 Å². The highest BCUT2D eigenvalue weighted by Crippen LogP contribution is 2.35. The molecule has 0 bridgehead atoms. The second-order valence-corrected chi connectivity index (χ2v) is 14.1. The minimum Gasteiger partial charge on any atom is -0.208 e. The molecule has 0 aliphatic carbocycles. The lowest BCUT2D eigenvalue weighted by atomic mass is 9.93. The summed E-state index contributed by atoms with van der Waals surface area (Å²) in [6.07, 6.45) is 0. The third kappa shape index (κ3) is 6.52. The van der Waals surface area contributed by atoms with Gasteiger partial charge >= 0.3 is 0 Å². The predicted molar refractivity (Wildman–Crippen MR) is 233 cm³/mol. The van der Waals surface area contributed by atoms with Crippen LogP contribution in [0.5, 0.6) is 0 Å². The molecule has 262 valence electrons. The van der Waals surface area contributed by atoms with Crippen LogP contribution >= 0.6 is 0 Å². The van der Waals surface area contributed by atoms with Gasteiger partial charge in [0.2, 0.25) is 0 Å². The van der Waals surface area contributed by atoms with Crippen molar-refractivity contribution in [2.75, 3.05) is 0 Å². The van der Waals surface area contributed by atoms with E-state index in [0.717, 1.165) is 27.8 Å². The van der Waals surface area contributed by atoms with Crippen molar-refractivity contribution < 1.29 is 0 Å². The Hall–Kier alpha value is -7.49. The molecule has 0 aliphatic rings. The highest BCUT2D eigenvalue weighted by atomic mass is 15.0. The molecule has 0 N–H and O–H groups in total. The van der Waals surface area contributed by atoms with E-state index in [0.29, 0.717) is 17.5 Å². The van der Waals surface area contributed by atoms with Gasteiger partial charge in [0.05, 0.1) is 0 Å². The van der Waals surface area contributed by atoms with Crippen molar-refractivity contribution in [2.24, 2.45) is 0 Å². The lowest BCUT2D eigenvalue weighted by molar-refractivity contribution is 1.07. The van der Waals surface area contributed by atoms with E-state index in [1.165, 1.54) is 54.9 Å². The molecular formula is C53H35N3. The van der Waals surface area contributed by atoms with Gasteiger partial charge in [-0.25, -0.2) is 15.0 Å². The zero-order valence-corrected chi connectivity index (χ0v) is 30.5. The molecule has 10 rings (SSSR count). The molecule has 1 heterocycles. The number of nitrogens with zero attached hydrogens (tertiary/aromatic N) is 3. The Balaban J connectivity index is 0.956. The first-order valence-corrected chi connectivity index (χ1v) is 18.9. The number of hydrogen-bond acceptors (Lipinski definition) is 3. The van der Waals surface area contributed by atoms with E-state index in [9.17, 15) is 0 Å². The van der Waals surface area contributed by atoms with E-state index >= 15 is 0 Å². The lowest BCUT2D eigenvalue weighted by Gasteiger charge is -2.11. The van der Waals surface area contributed by atoms with E-state index in [-0.39, 0.29) is 0 Å². The van der Waals surface area contributed by atoms with E-state index < -0.39 is 0 Å². The van der Waals surface area contributed by atoms with Crippen LogP contribution in [-0.4, -0.2) is 15.0 Å². The Bertz CT molecular complexity index is 2960. The van der Waals surface area contributed by atoms with Crippen LogP contribution in [0.2, 0.25) is 0 Å². The van der Waals surface area contributed by atoms with Gasteiger partial charge in [-0.1, -0.05) is 182 Å². The normalized spacial score (nSPS) is 11.2. The molecule has 3 heteroatoms. The van der Waals surface area contributed by atoms with Crippen LogP contribution in [0.15, 0.2) is 212 Å². The number of fused-ring (bicyclic) bond motifs is 2. The van der Waals surface area contributed by atoms with Crippen LogP contribution in [-0.2, 0) is 0 Å². The maximum absolute atomic E-state index is 4.96. The summed E-state index contributed by atoms with van der Waals surface area (Å²) in [5, 5.41) is 4.95. The molecule has 0 saturated heterocycles. The third-order valence-corrected chi connectivity index (χ3v) is 10.5. The maximum Gasteiger partial charge on any atom is 0.164 e. The molecule has 10 aromatic rings. The predicted octanol–water partition coefficient (Wildman–Crippen LogP) is 13.8. The summed E-state index contributed by atoms with van der Waals surface area (Å²) in [5.74, 6) is 1.95. The van der Waals surface area contributed by atoms with E-state index in [1.807, 2.05) is 60.7 Å². The average molecular weight is 714 g/mol. The molecule has 56 heavy (non-hydrogen) atoms. The summed E-state index contributed by atoms with van der Waals surface area (Å²) in [4.78, 5) is 14.8. The molecule has 3 nitrogen and oxygen atoms in total. The molecule has 0 atom stereocenters. The largest absolute Gasteiger partial charge is 0.208 e. The van der Waals surface area contributed by atoms with Crippen molar-refractivity contribution in [3.8, 4) is 78.7 Å². The minimum absolute atomic E-state index is 0.643. The Labute approximate surface area is 326 Å². The van der Waals surface area contributed by atoms with Crippen LogP contribution in [0.3, 0.4) is 0 Å². The fourth-order valence-corrected chi connectivity index (χ4v) is 7.60. The second-order valence-electron chi connectivity index (χ2n) is 14.1. The highest BCUT2D eigenvalue weighted by molar-refractivity contribution is 5.98. The number of aromatic nitrogens is 3. The molecular weight excluding hydrogens is 679 g/mol. The van der Waals surface area contributed by atoms with E-state index in [4.69, 9.17) is 15.0 Å². The molecule has 0 radical (unpaired) electrons. The van der Waals surface area contributed by atoms with Crippen molar-refractivity contribution in [3.05, 3.63) is 212 Å². The highest BCUT2D eigenvalue weighted by Gasteiger charge is 2.14. The molecule has 9 aromatic carbocycles. The zero-order valence-electron chi connectivity index (χ0n) is 30.5. The first-order chi connectivity index (χ1) is 27.7. The van der Waals surface area contributed by atoms with Gasteiger partial charge in [0.25, 0.3) is 0 Å². The molecule has 0 saturated carbocycles. The number of hydrogen-bond donors (Lipinski definition) is 0. The molecule has 0 fully saturated rings. The van der Waals surface area contributed by atoms with Gasteiger partial charge in [-0.2, -0.15) is 0 Å². The van der Waals surface area contributed by atoms with Gasteiger partial charge in [0.1, 0.15) is 0 Å². The SMILES string of the molecule is c1ccc(-c2nc(-c3ccccc3)nc(-c3cccc(-c4cccc(-c5ccc6cc(-c7cccc(-c8cccc9ccccc89)c7)ccc6c5)c4)c3)n2)cc1. The summed E-state index contributed by atoms with van der Waals surface area (Å²) in [7, 11) is 0. The number of rotatable bonds is 7. The summed E-state index contributed by atoms with van der Waals surface area (Å²) < 4.78 is 0.